The number of thioether (sulfide) groups is 1. The molecule has 28 heavy (non-hydrogen) atoms. The first-order valence-electron chi connectivity index (χ1n) is 8.56. The van der Waals surface area contributed by atoms with E-state index in [1.807, 2.05) is 26.0 Å². The van der Waals surface area contributed by atoms with Crippen LogP contribution < -0.4 is 5.32 Å². The number of nitrogens with zero attached hydrogens (tertiary/aromatic N) is 5. The number of rotatable bonds is 7. The number of aryl methyl sites for hydroxylation is 3. The number of nitrogens with one attached hydrogen (secondary N) is 2. The smallest absolute Gasteiger partial charge is 0.227 e. The Kier molecular flexibility index (Phi) is 5.35. The molecule has 0 aliphatic rings. The Morgan fingerprint density at radius 1 is 1.29 bits per heavy atom. The molecule has 4 rings (SSSR count). The molecule has 3 heterocycles. The van der Waals surface area contributed by atoms with Crippen molar-refractivity contribution in [2.45, 2.75) is 37.6 Å². The number of aromatic amines is 1. The second-order valence-electron chi connectivity index (χ2n) is 6.13. The number of aromatic nitrogens is 6. The first-order valence-corrected chi connectivity index (χ1v) is 10.4. The van der Waals surface area contributed by atoms with Crippen LogP contribution in [-0.2, 0) is 17.0 Å². The van der Waals surface area contributed by atoms with E-state index >= 15 is 0 Å². The van der Waals surface area contributed by atoms with Crippen LogP contribution in [0.5, 0.6) is 0 Å². The van der Waals surface area contributed by atoms with Gasteiger partial charge >= 0.3 is 0 Å². The average Bonchev–Trinajstić information content (AvgIpc) is 3.37. The number of hydrogen-bond donors (Lipinski definition) is 2. The summed E-state index contributed by atoms with van der Waals surface area (Å²) in [4.78, 5) is 24.1. The summed E-state index contributed by atoms with van der Waals surface area (Å²) < 4.78 is 5.22. The summed E-state index contributed by atoms with van der Waals surface area (Å²) in [6.07, 6.45) is 0.599. The van der Waals surface area contributed by atoms with Gasteiger partial charge in [0.05, 0.1) is 16.8 Å². The van der Waals surface area contributed by atoms with Crippen LogP contribution in [0.3, 0.4) is 0 Å². The third kappa shape index (κ3) is 4.54. The molecule has 0 aliphatic carbocycles. The van der Waals surface area contributed by atoms with Gasteiger partial charge in [0.2, 0.25) is 16.9 Å². The first-order chi connectivity index (χ1) is 13.5. The third-order valence-electron chi connectivity index (χ3n) is 3.80. The lowest BCUT2D eigenvalue weighted by Gasteiger charge is -1.97. The molecule has 0 radical (unpaired) electrons. The van der Waals surface area contributed by atoms with Gasteiger partial charge in [0.1, 0.15) is 5.01 Å². The van der Waals surface area contributed by atoms with Gasteiger partial charge in [-0.1, -0.05) is 34.3 Å². The molecule has 0 bridgehead atoms. The Balaban J connectivity index is 1.28. The van der Waals surface area contributed by atoms with Crippen molar-refractivity contribution >= 4 is 45.2 Å². The largest absolute Gasteiger partial charge is 0.339 e. The monoisotopic (exact) mass is 415 g/mol. The van der Waals surface area contributed by atoms with Gasteiger partial charge in [0, 0.05) is 12.8 Å². The van der Waals surface area contributed by atoms with E-state index in [9.17, 15) is 4.79 Å². The molecule has 0 fully saturated rings. The number of fused-ring (bicyclic) bond motifs is 1. The summed E-state index contributed by atoms with van der Waals surface area (Å²) in [7, 11) is 0. The lowest BCUT2D eigenvalue weighted by molar-refractivity contribution is -0.116. The quantitative estimate of drug-likeness (QED) is 0.441. The standard InChI is InChI=1S/C17H17N7O2S2/c1-9-3-4-11-12(7-9)19-16(18-11)27-8-13-20-15(26-24-13)6-5-14(25)21-17-23-22-10(2)28-17/h3-4,7H,5-6,8H2,1-2H3,(H,18,19)(H,21,23,25). The highest BCUT2D eigenvalue weighted by atomic mass is 32.2. The zero-order valence-electron chi connectivity index (χ0n) is 15.2. The molecule has 1 amide bonds. The summed E-state index contributed by atoms with van der Waals surface area (Å²) in [5.74, 6) is 1.36. The van der Waals surface area contributed by atoms with Gasteiger partial charge < -0.3 is 14.8 Å². The molecule has 9 nitrogen and oxygen atoms in total. The number of carbonyl (C=O) groups excluding carboxylic acids is 1. The highest BCUT2D eigenvalue weighted by Gasteiger charge is 2.12. The summed E-state index contributed by atoms with van der Waals surface area (Å²) in [5, 5.41) is 16.5. The molecular weight excluding hydrogens is 398 g/mol. The van der Waals surface area contributed by atoms with E-state index in [4.69, 9.17) is 4.52 Å². The zero-order valence-corrected chi connectivity index (χ0v) is 16.9. The summed E-state index contributed by atoms with van der Waals surface area (Å²) >= 11 is 2.83. The highest BCUT2D eigenvalue weighted by Crippen LogP contribution is 2.23. The predicted octanol–water partition coefficient (Wildman–Crippen LogP) is 3.28. The number of carbonyl (C=O) groups is 1. The minimum Gasteiger partial charge on any atom is -0.339 e. The molecule has 4 aromatic rings. The van der Waals surface area contributed by atoms with Crippen LogP contribution in [-0.4, -0.2) is 36.2 Å². The molecule has 0 saturated carbocycles. The van der Waals surface area contributed by atoms with E-state index in [0.29, 0.717) is 29.0 Å². The van der Waals surface area contributed by atoms with E-state index in [1.54, 1.807) is 0 Å². The average molecular weight is 416 g/mol. The maximum absolute atomic E-state index is 11.9. The Morgan fingerprint density at radius 3 is 3.00 bits per heavy atom. The van der Waals surface area contributed by atoms with Crippen LogP contribution in [0, 0.1) is 13.8 Å². The fourth-order valence-electron chi connectivity index (χ4n) is 2.50. The molecule has 2 N–H and O–H groups in total. The lowest BCUT2D eigenvalue weighted by atomic mass is 10.2. The maximum Gasteiger partial charge on any atom is 0.227 e. The molecule has 11 heteroatoms. The third-order valence-corrected chi connectivity index (χ3v) is 5.43. The lowest BCUT2D eigenvalue weighted by Crippen LogP contribution is -2.12. The number of H-pyrrole nitrogens is 1. The van der Waals surface area contributed by atoms with Crippen LogP contribution in [0.25, 0.3) is 11.0 Å². The summed E-state index contributed by atoms with van der Waals surface area (Å²) in [6, 6.07) is 6.09. The molecule has 0 unspecified atom stereocenters. The van der Waals surface area contributed by atoms with Crippen LogP contribution in [0.2, 0.25) is 0 Å². The Hall–Kier alpha value is -2.79. The van der Waals surface area contributed by atoms with Crippen LogP contribution in [0.15, 0.2) is 27.9 Å². The van der Waals surface area contributed by atoms with Gasteiger partial charge in [0.25, 0.3) is 0 Å². The highest BCUT2D eigenvalue weighted by molar-refractivity contribution is 7.98. The van der Waals surface area contributed by atoms with Crippen molar-refractivity contribution in [1.29, 1.82) is 0 Å². The van der Waals surface area contributed by atoms with Crippen LogP contribution in [0.1, 0.15) is 28.7 Å². The second-order valence-corrected chi connectivity index (χ2v) is 8.28. The van der Waals surface area contributed by atoms with Crippen molar-refractivity contribution in [3.05, 3.63) is 40.5 Å². The van der Waals surface area contributed by atoms with E-state index in [2.05, 4.69) is 41.7 Å². The number of imidazole rings is 1. The number of anilines is 1. The van der Waals surface area contributed by atoms with Crippen molar-refractivity contribution in [3.8, 4) is 0 Å². The van der Waals surface area contributed by atoms with Crippen molar-refractivity contribution in [3.63, 3.8) is 0 Å². The van der Waals surface area contributed by atoms with E-state index < -0.39 is 0 Å². The van der Waals surface area contributed by atoms with Gasteiger partial charge in [-0.25, -0.2) is 4.98 Å². The molecule has 0 atom stereocenters. The van der Waals surface area contributed by atoms with Gasteiger partial charge in [0.15, 0.2) is 11.0 Å². The topological polar surface area (TPSA) is 122 Å². The fourth-order valence-corrected chi connectivity index (χ4v) is 3.84. The number of hydrogen-bond acceptors (Lipinski definition) is 9. The molecular formula is C17H17N7O2S2. The predicted molar refractivity (Wildman–Crippen MR) is 106 cm³/mol. The second kappa shape index (κ2) is 8.07. The normalized spacial score (nSPS) is 11.2. The zero-order chi connectivity index (χ0) is 19.5. The Labute approximate surface area is 168 Å². The minimum atomic E-state index is -0.164. The molecule has 0 spiro atoms. The maximum atomic E-state index is 11.9. The van der Waals surface area contributed by atoms with E-state index in [0.717, 1.165) is 21.2 Å². The van der Waals surface area contributed by atoms with Crippen LogP contribution in [0.4, 0.5) is 5.13 Å². The molecule has 3 aromatic heterocycles. The van der Waals surface area contributed by atoms with Gasteiger partial charge in [-0.2, -0.15) is 4.98 Å². The molecule has 144 valence electrons. The molecule has 1 aromatic carbocycles. The number of amides is 1. The summed E-state index contributed by atoms with van der Waals surface area (Å²) in [6.45, 7) is 3.88. The van der Waals surface area contributed by atoms with Crippen molar-refractivity contribution in [2.75, 3.05) is 5.32 Å². The molecule has 0 saturated heterocycles. The summed E-state index contributed by atoms with van der Waals surface area (Å²) in [5.41, 5.74) is 3.12. The fraction of sp³-hybridized carbons (Fsp3) is 0.294. The van der Waals surface area contributed by atoms with E-state index in [1.165, 1.54) is 28.7 Å². The van der Waals surface area contributed by atoms with Crippen molar-refractivity contribution < 1.29 is 9.32 Å². The number of benzene rings is 1. The molecule has 0 aliphatic heterocycles. The minimum absolute atomic E-state index is 0.164. The Morgan fingerprint density at radius 2 is 2.18 bits per heavy atom. The van der Waals surface area contributed by atoms with Gasteiger partial charge in [-0.05, 0) is 31.5 Å². The van der Waals surface area contributed by atoms with Crippen molar-refractivity contribution in [1.82, 2.24) is 30.3 Å². The Bertz CT molecular complexity index is 1120. The van der Waals surface area contributed by atoms with Crippen LogP contribution >= 0.6 is 23.1 Å². The first kappa shape index (κ1) is 18.6. The van der Waals surface area contributed by atoms with Gasteiger partial charge in [-0.3, -0.25) is 4.79 Å². The SMILES string of the molecule is Cc1ccc2nc(SCc3noc(CCC(=O)Nc4nnc(C)s4)n3)[nH]c2c1. The van der Waals surface area contributed by atoms with Gasteiger partial charge in [-0.15, -0.1) is 10.2 Å². The van der Waals surface area contributed by atoms with Crippen molar-refractivity contribution in [2.24, 2.45) is 0 Å². The van der Waals surface area contributed by atoms with E-state index in [-0.39, 0.29) is 12.3 Å².